The molecule has 1 aliphatic carbocycles. The van der Waals surface area contributed by atoms with Crippen molar-refractivity contribution in [2.75, 3.05) is 6.61 Å². The molecule has 0 aliphatic heterocycles. The molecule has 0 unspecified atom stereocenters. The van der Waals surface area contributed by atoms with Crippen LogP contribution in [-0.2, 0) is 14.6 Å². The van der Waals surface area contributed by atoms with Gasteiger partial charge in [0.2, 0.25) is 10.4 Å². The predicted octanol–water partition coefficient (Wildman–Crippen LogP) is -0.00200. The summed E-state index contributed by atoms with van der Waals surface area (Å²) in [6, 6.07) is 0. The van der Waals surface area contributed by atoms with Gasteiger partial charge in [-0.3, -0.25) is 4.18 Å². The van der Waals surface area contributed by atoms with Gasteiger partial charge in [0, 0.05) is 0 Å². The molecule has 0 amide bonds. The Balaban J connectivity index is 0.00000289. The summed E-state index contributed by atoms with van der Waals surface area (Å²) in [7, 11) is -4.52. The fourth-order valence-corrected chi connectivity index (χ4v) is 2.78. The molecule has 4 nitrogen and oxygen atoms in total. The zero-order chi connectivity index (χ0) is 12.6. The van der Waals surface area contributed by atoms with E-state index in [1.54, 1.807) is 0 Å². The van der Waals surface area contributed by atoms with Crippen molar-refractivity contribution < 1.29 is 46.7 Å². The largest absolute Gasteiger partial charge is 1.00 e. The normalized spacial score (nSPS) is 20.7. The molecule has 1 saturated carbocycles. The number of rotatable bonds is 3. The van der Waals surface area contributed by atoms with Gasteiger partial charge in [0.25, 0.3) is 0 Å². The Bertz CT molecular complexity index is 280. The maximum atomic E-state index is 10.4. The number of hydrogen-bond acceptors (Lipinski definition) is 4. The summed E-state index contributed by atoms with van der Waals surface area (Å²) in [4.78, 5) is 0. The molecule has 0 aromatic rings. The summed E-state index contributed by atoms with van der Waals surface area (Å²) in [6.07, 6.45) is 11.8. The van der Waals surface area contributed by atoms with Crippen LogP contribution in [0.5, 0.6) is 0 Å². The summed E-state index contributed by atoms with van der Waals surface area (Å²) in [6.45, 7) is 0.0752. The average molecular weight is 286 g/mol. The molecule has 0 radical (unpaired) electrons. The molecule has 1 rings (SSSR count). The Morgan fingerprint density at radius 3 is 1.67 bits per heavy atom. The Morgan fingerprint density at radius 1 is 0.889 bits per heavy atom. The van der Waals surface area contributed by atoms with Gasteiger partial charge in [0.05, 0.1) is 6.61 Å². The van der Waals surface area contributed by atoms with Gasteiger partial charge >= 0.3 is 29.6 Å². The quantitative estimate of drug-likeness (QED) is 0.416. The topological polar surface area (TPSA) is 66.4 Å². The molecule has 0 spiro atoms. The van der Waals surface area contributed by atoms with Crippen molar-refractivity contribution in [3.63, 3.8) is 0 Å². The first-order chi connectivity index (χ1) is 8.08. The van der Waals surface area contributed by atoms with E-state index in [9.17, 15) is 13.0 Å². The van der Waals surface area contributed by atoms with E-state index in [-0.39, 0.29) is 42.1 Å². The van der Waals surface area contributed by atoms with Crippen LogP contribution in [0.1, 0.15) is 64.2 Å². The maximum Gasteiger partial charge on any atom is 1.00 e. The molecule has 1 aliphatic rings. The molecule has 0 saturated heterocycles. The summed E-state index contributed by atoms with van der Waals surface area (Å²) in [5.41, 5.74) is 0. The van der Waals surface area contributed by atoms with Crippen LogP contribution in [0.4, 0.5) is 0 Å². The first kappa shape index (κ1) is 18.9. The minimum atomic E-state index is -4.52. The molecule has 0 N–H and O–H groups in total. The third-order valence-electron chi connectivity index (χ3n) is 3.42. The Hall–Kier alpha value is 0.870. The van der Waals surface area contributed by atoms with E-state index in [2.05, 4.69) is 4.18 Å². The minimum absolute atomic E-state index is 0. The van der Waals surface area contributed by atoms with E-state index in [4.69, 9.17) is 0 Å². The monoisotopic (exact) mass is 286 g/mol. The van der Waals surface area contributed by atoms with Crippen LogP contribution in [0, 0.1) is 5.92 Å². The van der Waals surface area contributed by atoms with Gasteiger partial charge in [-0.05, 0) is 18.8 Å². The van der Waals surface area contributed by atoms with E-state index in [0.717, 1.165) is 25.7 Å². The molecule has 6 heteroatoms. The molecule has 1 fully saturated rings. The SMILES string of the molecule is O=S(=O)([O-])OCC1CCCCCCCCCC1.[Na+]. The second-order valence-electron chi connectivity index (χ2n) is 4.96. The smallest absolute Gasteiger partial charge is 0.726 e. The van der Waals surface area contributed by atoms with Gasteiger partial charge in [0.1, 0.15) is 0 Å². The van der Waals surface area contributed by atoms with Crippen LogP contribution in [-0.4, -0.2) is 19.6 Å². The van der Waals surface area contributed by atoms with Gasteiger partial charge < -0.3 is 4.55 Å². The van der Waals surface area contributed by atoms with Crippen LogP contribution in [0.15, 0.2) is 0 Å². The third-order valence-corrected chi connectivity index (χ3v) is 3.85. The van der Waals surface area contributed by atoms with Crippen molar-refractivity contribution in [1.82, 2.24) is 0 Å². The fourth-order valence-electron chi connectivity index (χ4n) is 2.42. The predicted molar refractivity (Wildman–Crippen MR) is 65.3 cm³/mol. The second-order valence-corrected chi connectivity index (χ2v) is 6.02. The standard InChI is InChI=1S/C12H24O4S.Na/c13-17(14,15)16-11-12-9-7-5-3-1-2-4-6-8-10-12;/h12H,1-11H2,(H,13,14,15);/q;+1/p-1. The molecule has 0 heterocycles. The Kier molecular flexibility index (Phi) is 11.1. The minimum Gasteiger partial charge on any atom is -0.726 e. The van der Waals surface area contributed by atoms with Gasteiger partial charge in [-0.2, -0.15) is 0 Å². The first-order valence-electron chi connectivity index (χ1n) is 6.68. The summed E-state index contributed by atoms with van der Waals surface area (Å²) < 4.78 is 35.7. The van der Waals surface area contributed by atoms with Crippen molar-refractivity contribution in [1.29, 1.82) is 0 Å². The van der Waals surface area contributed by atoms with Crippen LogP contribution < -0.4 is 29.6 Å². The van der Waals surface area contributed by atoms with Crippen molar-refractivity contribution in [3.8, 4) is 0 Å². The van der Waals surface area contributed by atoms with E-state index in [1.807, 2.05) is 0 Å². The van der Waals surface area contributed by atoms with Gasteiger partial charge in [-0.15, -0.1) is 0 Å². The maximum absolute atomic E-state index is 10.4. The molecule has 0 aromatic heterocycles. The van der Waals surface area contributed by atoms with Crippen molar-refractivity contribution in [2.24, 2.45) is 5.92 Å². The summed E-state index contributed by atoms with van der Waals surface area (Å²) in [5.74, 6) is 0.233. The van der Waals surface area contributed by atoms with E-state index >= 15 is 0 Å². The van der Waals surface area contributed by atoms with Gasteiger partial charge in [-0.1, -0.05) is 51.4 Å². The van der Waals surface area contributed by atoms with Gasteiger partial charge in [0.15, 0.2) is 0 Å². The average Bonchev–Trinajstić information content (AvgIpc) is 2.30. The van der Waals surface area contributed by atoms with Gasteiger partial charge in [-0.25, -0.2) is 8.42 Å². The molecule has 18 heavy (non-hydrogen) atoms. The van der Waals surface area contributed by atoms with Crippen molar-refractivity contribution in [3.05, 3.63) is 0 Å². The van der Waals surface area contributed by atoms with E-state index in [0.29, 0.717) is 0 Å². The molecular formula is C12H23NaO4S. The molecular weight excluding hydrogens is 263 g/mol. The zero-order valence-electron chi connectivity index (χ0n) is 11.4. The molecule has 0 atom stereocenters. The third kappa shape index (κ3) is 10.8. The number of hydrogen-bond donors (Lipinski definition) is 0. The Morgan fingerprint density at radius 2 is 1.28 bits per heavy atom. The molecule has 0 bridgehead atoms. The Labute approximate surface area is 133 Å². The van der Waals surface area contributed by atoms with Crippen LogP contribution in [0.2, 0.25) is 0 Å². The van der Waals surface area contributed by atoms with Crippen molar-refractivity contribution in [2.45, 2.75) is 64.2 Å². The molecule has 102 valence electrons. The zero-order valence-corrected chi connectivity index (χ0v) is 14.2. The summed E-state index contributed by atoms with van der Waals surface area (Å²) in [5, 5.41) is 0. The fraction of sp³-hybridized carbons (Fsp3) is 1.00. The van der Waals surface area contributed by atoms with E-state index in [1.165, 1.54) is 38.5 Å². The summed E-state index contributed by atoms with van der Waals surface area (Å²) >= 11 is 0. The molecule has 0 aromatic carbocycles. The first-order valence-corrected chi connectivity index (χ1v) is 8.01. The van der Waals surface area contributed by atoms with Crippen LogP contribution in [0.25, 0.3) is 0 Å². The second kappa shape index (κ2) is 10.6. The van der Waals surface area contributed by atoms with Crippen molar-refractivity contribution >= 4 is 10.4 Å². The van der Waals surface area contributed by atoms with E-state index < -0.39 is 10.4 Å². The van der Waals surface area contributed by atoms with Crippen LogP contribution in [0.3, 0.4) is 0 Å². The van der Waals surface area contributed by atoms with Crippen LogP contribution >= 0.6 is 0 Å².